The zero-order chi connectivity index (χ0) is 20.1. The first-order valence-corrected chi connectivity index (χ1v) is 10.4. The highest BCUT2D eigenvalue weighted by Crippen LogP contribution is 2.32. The topological polar surface area (TPSA) is 89.1 Å². The number of rotatable bonds is 5. The summed E-state index contributed by atoms with van der Waals surface area (Å²) < 4.78 is 16.4. The molecule has 0 unspecified atom stereocenters. The average molecular weight is 417 g/mol. The van der Waals surface area contributed by atoms with Crippen LogP contribution in [0.4, 0.5) is 5.69 Å². The molecule has 4 rings (SSSR count). The highest BCUT2D eigenvalue weighted by atomic mass is 32.1. The summed E-state index contributed by atoms with van der Waals surface area (Å²) in [5, 5.41) is 7.39. The van der Waals surface area contributed by atoms with Crippen molar-refractivity contribution in [3.8, 4) is 11.5 Å². The molecule has 2 aromatic rings. The van der Waals surface area contributed by atoms with E-state index in [1.807, 2.05) is 17.5 Å². The smallest absolute Gasteiger partial charge is 0.313 e. The minimum Gasteiger partial charge on any atom is -0.486 e. The van der Waals surface area contributed by atoms with E-state index in [4.69, 9.17) is 14.2 Å². The molecular formula is C20H23N3O5S. The predicted octanol–water partition coefficient (Wildman–Crippen LogP) is 1.65. The van der Waals surface area contributed by atoms with Crippen LogP contribution in [0.1, 0.15) is 10.9 Å². The van der Waals surface area contributed by atoms with Crippen LogP contribution in [-0.4, -0.2) is 62.8 Å². The van der Waals surface area contributed by atoms with E-state index in [1.165, 1.54) is 0 Å². The van der Waals surface area contributed by atoms with Gasteiger partial charge in [0.15, 0.2) is 11.5 Å². The van der Waals surface area contributed by atoms with Gasteiger partial charge in [0.25, 0.3) is 0 Å². The molecule has 9 heteroatoms. The van der Waals surface area contributed by atoms with Gasteiger partial charge in [-0.2, -0.15) is 0 Å². The SMILES string of the molecule is O=C(NC[C@H](c1cccs1)N1CCOCC1)C(=O)Nc1ccc2c(c1)OCCO2. The lowest BCUT2D eigenvalue weighted by atomic mass is 10.2. The highest BCUT2D eigenvalue weighted by Gasteiger charge is 2.25. The number of amides is 2. The number of carbonyl (C=O) groups is 2. The van der Waals surface area contributed by atoms with E-state index < -0.39 is 11.8 Å². The van der Waals surface area contributed by atoms with Gasteiger partial charge < -0.3 is 24.8 Å². The number of nitrogens with one attached hydrogen (secondary N) is 2. The number of hydrogen-bond donors (Lipinski definition) is 2. The van der Waals surface area contributed by atoms with E-state index >= 15 is 0 Å². The van der Waals surface area contributed by atoms with Gasteiger partial charge in [0.1, 0.15) is 13.2 Å². The zero-order valence-electron chi connectivity index (χ0n) is 15.9. The molecule has 1 saturated heterocycles. The third-order valence-corrected chi connectivity index (χ3v) is 5.79. The molecule has 1 atom stereocenters. The Morgan fingerprint density at radius 2 is 1.83 bits per heavy atom. The summed E-state index contributed by atoms with van der Waals surface area (Å²) in [6.07, 6.45) is 0. The summed E-state index contributed by atoms with van der Waals surface area (Å²) in [5.41, 5.74) is 0.484. The first-order chi connectivity index (χ1) is 14.2. The number of fused-ring (bicyclic) bond motifs is 1. The fourth-order valence-electron chi connectivity index (χ4n) is 3.36. The third-order valence-electron chi connectivity index (χ3n) is 4.82. The van der Waals surface area contributed by atoms with Crippen LogP contribution in [0.2, 0.25) is 0 Å². The van der Waals surface area contributed by atoms with Gasteiger partial charge in [-0.3, -0.25) is 14.5 Å². The number of anilines is 1. The van der Waals surface area contributed by atoms with Crippen LogP contribution in [0.15, 0.2) is 35.7 Å². The van der Waals surface area contributed by atoms with Crippen molar-refractivity contribution in [2.45, 2.75) is 6.04 Å². The molecule has 1 aromatic heterocycles. The van der Waals surface area contributed by atoms with E-state index in [-0.39, 0.29) is 6.04 Å². The van der Waals surface area contributed by atoms with Gasteiger partial charge in [-0.25, -0.2) is 0 Å². The lowest BCUT2D eigenvalue weighted by molar-refractivity contribution is -0.136. The highest BCUT2D eigenvalue weighted by molar-refractivity contribution is 7.10. The summed E-state index contributed by atoms with van der Waals surface area (Å²) in [6, 6.07) is 9.11. The van der Waals surface area contributed by atoms with E-state index in [9.17, 15) is 9.59 Å². The molecule has 2 amide bonds. The van der Waals surface area contributed by atoms with Gasteiger partial charge in [0.05, 0.1) is 19.3 Å². The second-order valence-electron chi connectivity index (χ2n) is 6.70. The molecule has 2 aliphatic heterocycles. The van der Waals surface area contributed by atoms with E-state index in [1.54, 1.807) is 29.5 Å². The van der Waals surface area contributed by atoms with Crippen LogP contribution < -0.4 is 20.1 Å². The fraction of sp³-hybridized carbons (Fsp3) is 0.400. The normalized spacial score (nSPS) is 17.4. The summed E-state index contributed by atoms with van der Waals surface area (Å²) >= 11 is 1.64. The minimum absolute atomic E-state index is 0.0185. The lowest BCUT2D eigenvalue weighted by Gasteiger charge is -2.34. The number of nitrogens with zero attached hydrogens (tertiary/aromatic N) is 1. The standard InChI is InChI=1S/C20H23N3O5S/c24-19(20(25)22-14-3-4-16-17(12-14)28-10-9-27-16)21-13-15(18-2-1-11-29-18)23-5-7-26-8-6-23/h1-4,11-12,15H,5-10,13H2,(H,21,24)(H,22,25)/t15-/m1/s1. The largest absolute Gasteiger partial charge is 0.486 e. The summed E-state index contributed by atoms with van der Waals surface area (Å²) in [4.78, 5) is 28.1. The van der Waals surface area contributed by atoms with Gasteiger partial charge in [-0.15, -0.1) is 11.3 Å². The maximum absolute atomic E-state index is 12.4. The molecule has 29 heavy (non-hydrogen) atoms. The third kappa shape index (κ3) is 4.87. The summed E-state index contributed by atoms with van der Waals surface area (Å²) in [6.45, 7) is 4.23. The Hall–Kier alpha value is -2.62. The van der Waals surface area contributed by atoms with Crippen molar-refractivity contribution in [2.75, 3.05) is 51.4 Å². The van der Waals surface area contributed by atoms with Crippen LogP contribution in [-0.2, 0) is 14.3 Å². The van der Waals surface area contributed by atoms with Crippen molar-refractivity contribution >= 4 is 28.8 Å². The van der Waals surface area contributed by atoms with Gasteiger partial charge in [-0.1, -0.05) is 6.07 Å². The molecule has 2 aliphatic rings. The molecule has 0 bridgehead atoms. The molecule has 3 heterocycles. The minimum atomic E-state index is -0.714. The number of benzene rings is 1. The molecule has 1 aromatic carbocycles. The van der Waals surface area contributed by atoms with Crippen LogP contribution in [0.3, 0.4) is 0 Å². The molecule has 0 spiro atoms. The van der Waals surface area contributed by atoms with Crippen molar-refractivity contribution < 1.29 is 23.8 Å². The van der Waals surface area contributed by atoms with Gasteiger partial charge in [-0.05, 0) is 23.6 Å². The molecule has 154 valence electrons. The van der Waals surface area contributed by atoms with Crippen molar-refractivity contribution in [3.05, 3.63) is 40.6 Å². The van der Waals surface area contributed by atoms with Crippen molar-refractivity contribution in [1.82, 2.24) is 10.2 Å². The van der Waals surface area contributed by atoms with E-state index in [2.05, 4.69) is 15.5 Å². The summed E-state index contributed by atoms with van der Waals surface area (Å²) in [7, 11) is 0. The number of thiophene rings is 1. The van der Waals surface area contributed by atoms with Crippen LogP contribution in [0.25, 0.3) is 0 Å². The predicted molar refractivity (Wildman–Crippen MR) is 109 cm³/mol. The fourth-order valence-corrected chi connectivity index (χ4v) is 4.22. The molecule has 2 N–H and O–H groups in total. The van der Waals surface area contributed by atoms with Crippen molar-refractivity contribution in [1.29, 1.82) is 0 Å². The second-order valence-corrected chi connectivity index (χ2v) is 7.68. The molecule has 0 saturated carbocycles. The Morgan fingerprint density at radius 3 is 2.59 bits per heavy atom. The number of hydrogen-bond acceptors (Lipinski definition) is 7. The maximum Gasteiger partial charge on any atom is 0.313 e. The van der Waals surface area contributed by atoms with E-state index in [0.29, 0.717) is 50.2 Å². The number of ether oxygens (including phenoxy) is 3. The Bertz CT molecular complexity index is 852. The zero-order valence-corrected chi connectivity index (χ0v) is 16.7. The Kier molecular flexibility index (Phi) is 6.28. The molecular weight excluding hydrogens is 394 g/mol. The first-order valence-electron chi connectivity index (χ1n) is 9.55. The van der Waals surface area contributed by atoms with E-state index in [0.717, 1.165) is 18.0 Å². The summed E-state index contributed by atoms with van der Waals surface area (Å²) in [5.74, 6) is -0.203. The number of carbonyl (C=O) groups excluding carboxylic acids is 2. The Balaban J connectivity index is 1.35. The second kappa shape index (κ2) is 9.25. The maximum atomic E-state index is 12.4. The molecule has 8 nitrogen and oxygen atoms in total. The van der Waals surface area contributed by atoms with Crippen LogP contribution in [0.5, 0.6) is 11.5 Å². The van der Waals surface area contributed by atoms with Crippen molar-refractivity contribution in [2.24, 2.45) is 0 Å². The van der Waals surface area contributed by atoms with Crippen molar-refractivity contribution in [3.63, 3.8) is 0 Å². The van der Waals surface area contributed by atoms with Crippen LogP contribution >= 0.6 is 11.3 Å². The Morgan fingerprint density at radius 1 is 1.03 bits per heavy atom. The molecule has 0 radical (unpaired) electrons. The van der Waals surface area contributed by atoms with Gasteiger partial charge >= 0.3 is 11.8 Å². The Labute approximate surface area is 172 Å². The quantitative estimate of drug-likeness (QED) is 0.719. The molecule has 0 aliphatic carbocycles. The van der Waals surface area contributed by atoms with Gasteiger partial charge in [0, 0.05) is 36.3 Å². The monoisotopic (exact) mass is 417 g/mol. The molecule has 1 fully saturated rings. The van der Waals surface area contributed by atoms with Crippen LogP contribution in [0, 0.1) is 0 Å². The number of morpholine rings is 1. The first kappa shape index (κ1) is 19.7. The van der Waals surface area contributed by atoms with Gasteiger partial charge in [0.2, 0.25) is 0 Å². The lowest BCUT2D eigenvalue weighted by Crippen LogP contribution is -2.45. The average Bonchev–Trinajstić information content (AvgIpc) is 3.29.